The van der Waals surface area contributed by atoms with Crippen LogP contribution in [-0.2, 0) is 9.59 Å². The smallest absolute Gasteiger partial charge is 0.423 e. The van der Waals surface area contributed by atoms with Gasteiger partial charge in [0.2, 0.25) is 17.1 Å². The molecule has 0 aromatic carbocycles. The van der Waals surface area contributed by atoms with Crippen molar-refractivity contribution in [1.82, 2.24) is 40.3 Å². The summed E-state index contributed by atoms with van der Waals surface area (Å²) in [5, 5.41) is 29.8. The SMILES string of the molecule is CC[C@@H]1C(=O)N(C)c2cnc(-c3cn[nH]c3)nc2N1C1CCCC1.CC[C@@H]1C(=O)N(C)c2cnc(Cl)nc2N1C1CCCC1.OB(O)c1cn[nH]c1. The first kappa shape index (κ1) is 37.2. The molecule has 2 amide bonds. The first-order valence-electron chi connectivity index (χ1n) is 18.0. The molecule has 276 valence electrons. The van der Waals surface area contributed by atoms with E-state index in [2.05, 4.69) is 52.1 Å². The highest BCUT2D eigenvalue weighted by molar-refractivity contribution is 6.58. The third-order valence-electron chi connectivity index (χ3n) is 10.4. The first-order chi connectivity index (χ1) is 25.1. The van der Waals surface area contributed by atoms with Crippen LogP contribution in [0.1, 0.15) is 78.1 Å². The molecule has 6 heterocycles. The number of nitrogens with one attached hydrogen (secondary N) is 2. The van der Waals surface area contributed by atoms with Crippen molar-refractivity contribution < 1.29 is 19.6 Å². The number of amides is 2. The quantitative estimate of drug-likeness (QED) is 0.167. The molecule has 0 unspecified atom stereocenters. The highest BCUT2D eigenvalue weighted by Gasteiger charge is 2.42. The van der Waals surface area contributed by atoms with Gasteiger partial charge >= 0.3 is 7.12 Å². The van der Waals surface area contributed by atoms with E-state index in [0.29, 0.717) is 23.4 Å². The van der Waals surface area contributed by atoms with Crippen LogP contribution in [0.3, 0.4) is 0 Å². The summed E-state index contributed by atoms with van der Waals surface area (Å²) in [7, 11) is 2.19. The molecule has 2 atom stereocenters. The second-order valence-electron chi connectivity index (χ2n) is 13.5. The summed E-state index contributed by atoms with van der Waals surface area (Å²) < 4.78 is 0. The average molecular weight is 733 g/mol. The molecule has 4 aromatic heterocycles. The van der Waals surface area contributed by atoms with Gasteiger partial charge in [-0.2, -0.15) is 15.2 Å². The largest absolute Gasteiger partial charge is 0.491 e. The molecule has 8 rings (SSSR count). The van der Waals surface area contributed by atoms with Gasteiger partial charge < -0.3 is 29.6 Å². The lowest BCUT2D eigenvalue weighted by Gasteiger charge is -2.43. The Bertz CT molecular complexity index is 1800. The molecule has 0 spiro atoms. The van der Waals surface area contributed by atoms with Crippen LogP contribution in [0.25, 0.3) is 11.4 Å². The Hall–Kier alpha value is -4.61. The van der Waals surface area contributed by atoms with Gasteiger partial charge in [-0.05, 0) is 50.1 Å². The molecule has 4 N–H and O–H groups in total. The van der Waals surface area contributed by atoms with E-state index >= 15 is 0 Å². The second kappa shape index (κ2) is 16.4. The van der Waals surface area contributed by atoms with Crippen LogP contribution in [0.2, 0.25) is 5.28 Å². The predicted molar refractivity (Wildman–Crippen MR) is 200 cm³/mol. The Morgan fingerprint density at radius 3 is 1.69 bits per heavy atom. The molecule has 4 aliphatic rings. The number of carbonyl (C=O) groups excluding carboxylic acids is 2. The fourth-order valence-corrected chi connectivity index (χ4v) is 7.79. The van der Waals surface area contributed by atoms with Crippen molar-refractivity contribution in [2.75, 3.05) is 33.7 Å². The molecule has 52 heavy (non-hydrogen) atoms. The fourth-order valence-electron chi connectivity index (χ4n) is 7.66. The zero-order valence-corrected chi connectivity index (χ0v) is 30.7. The summed E-state index contributed by atoms with van der Waals surface area (Å²) in [6.45, 7) is 4.12. The second-order valence-corrected chi connectivity index (χ2v) is 13.8. The van der Waals surface area contributed by atoms with Crippen LogP contribution in [-0.4, -0.2) is 108 Å². The predicted octanol–water partition coefficient (Wildman–Crippen LogP) is 3.09. The van der Waals surface area contributed by atoms with E-state index in [4.69, 9.17) is 26.6 Å². The van der Waals surface area contributed by atoms with Crippen LogP contribution in [0.5, 0.6) is 0 Å². The number of nitrogens with zero attached hydrogens (tertiary/aromatic N) is 10. The van der Waals surface area contributed by atoms with E-state index in [1.54, 1.807) is 41.6 Å². The Labute approximate surface area is 308 Å². The average Bonchev–Trinajstić information content (AvgIpc) is 3.99. The van der Waals surface area contributed by atoms with E-state index in [-0.39, 0.29) is 29.2 Å². The third-order valence-corrected chi connectivity index (χ3v) is 10.6. The van der Waals surface area contributed by atoms with E-state index in [1.807, 2.05) is 14.0 Å². The normalized spacial score (nSPS) is 20.3. The number of likely N-dealkylation sites (N-methyl/N-ethyl adjacent to an activating group) is 2. The van der Waals surface area contributed by atoms with E-state index in [9.17, 15) is 9.59 Å². The number of anilines is 4. The maximum Gasteiger partial charge on any atom is 0.491 e. The number of H-pyrrole nitrogens is 2. The van der Waals surface area contributed by atoms with Crippen LogP contribution in [0.15, 0.2) is 37.2 Å². The molecular weight excluding hydrogens is 687 g/mol. The zero-order valence-electron chi connectivity index (χ0n) is 30.0. The Morgan fingerprint density at radius 1 is 0.750 bits per heavy atom. The third kappa shape index (κ3) is 7.48. The monoisotopic (exact) mass is 732 g/mol. The van der Waals surface area contributed by atoms with Gasteiger partial charge in [-0.15, -0.1) is 0 Å². The van der Waals surface area contributed by atoms with Crippen LogP contribution < -0.4 is 25.1 Å². The van der Waals surface area contributed by atoms with Gasteiger partial charge in [-0.25, -0.2) is 15.0 Å². The summed E-state index contributed by atoms with van der Waals surface area (Å²) in [6, 6.07) is 0.500. The van der Waals surface area contributed by atoms with Gasteiger partial charge in [0.15, 0.2) is 17.5 Å². The van der Waals surface area contributed by atoms with Crippen molar-refractivity contribution in [2.45, 2.75) is 102 Å². The number of rotatable bonds is 6. The van der Waals surface area contributed by atoms with Crippen molar-refractivity contribution >= 4 is 59.0 Å². The number of aromatic nitrogens is 8. The molecule has 2 aliphatic carbocycles. The van der Waals surface area contributed by atoms with E-state index < -0.39 is 7.12 Å². The van der Waals surface area contributed by atoms with Gasteiger partial charge in [-0.1, -0.05) is 39.5 Å². The lowest BCUT2D eigenvalue weighted by molar-refractivity contribution is -0.120. The summed E-state index contributed by atoms with van der Waals surface area (Å²) in [4.78, 5) is 50.9. The minimum atomic E-state index is -1.41. The summed E-state index contributed by atoms with van der Waals surface area (Å²) in [5.41, 5.74) is 2.79. The topological polar surface area (TPSA) is 196 Å². The molecule has 18 heteroatoms. The van der Waals surface area contributed by atoms with Gasteiger partial charge in [-0.3, -0.25) is 19.8 Å². The minimum absolute atomic E-state index is 0.123. The van der Waals surface area contributed by atoms with E-state index in [0.717, 1.165) is 67.1 Å². The number of carbonyl (C=O) groups is 2. The Balaban J connectivity index is 0.000000149. The van der Waals surface area contributed by atoms with Crippen molar-refractivity contribution in [2.24, 2.45) is 0 Å². The summed E-state index contributed by atoms with van der Waals surface area (Å²) in [6.07, 6.45) is 20.6. The Morgan fingerprint density at radius 2 is 1.25 bits per heavy atom. The number of halogens is 1. The highest BCUT2D eigenvalue weighted by atomic mass is 35.5. The van der Waals surface area contributed by atoms with Crippen LogP contribution in [0.4, 0.5) is 23.0 Å². The molecule has 0 saturated heterocycles. The molecule has 2 aliphatic heterocycles. The standard InChI is InChI=1S/C17H22N6O.C14H19ClN4O.C3H5BN2O2/c1-3-13-17(24)22(2)14-10-18-15(11-8-19-20-9-11)21-16(14)23(13)12-6-4-5-7-12;1-3-10-13(20)18(2)11-8-16-14(15)17-12(11)19(10)9-6-4-5-7-9;7-4(8)3-1-5-6-2-3/h8-10,12-13H,3-7H2,1-2H3,(H,19,20);8-10H,3-7H2,1-2H3;1-2,7-8H,(H,5,6)/t13-;10-;/m11./s1. The number of aromatic amines is 2. The number of hydrogen-bond acceptors (Lipinski definition) is 12. The lowest BCUT2D eigenvalue weighted by Crippen LogP contribution is -2.55. The van der Waals surface area contributed by atoms with Gasteiger partial charge in [0, 0.05) is 50.2 Å². The van der Waals surface area contributed by atoms with Gasteiger partial charge in [0.1, 0.15) is 23.5 Å². The van der Waals surface area contributed by atoms with E-state index in [1.165, 1.54) is 38.1 Å². The fraction of sp³-hybridized carbons (Fsp3) is 0.529. The highest BCUT2D eigenvalue weighted by Crippen LogP contribution is 2.41. The van der Waals surface area contributed by atoms with Crippen molar-refractivity contribution in [3.8, 4) is 11.4 Å². The minimum Gasteiger partial charge on any atom is -0.423 e. The molecule has 0 radical (unpaired) electrons. The van der Waals surface area contributed by atoms with Crippen molar-refractivity contribution in [3.63, 3.8) is 0 Å². The molecule has 16 nitrogen and oxygen atoms in total. The maximum atomic E-state index is 12.8. The summed E-state index contributed by atoms with van der Waals surface area (Å²) >= 11 is 5.97. The number of fused-ring (bicyclic) bond motifs is 2. The number of hydrogen-bond donors (Lipinski definition) is 4. The van der Waals surface area contributed by atoms with Crippen molar-refractivity contribution in [3.05, 3.63) is 42.5 Å². The van der Waals surface area contributed by atoms with Crippen molar-refractivity contribution in [1.29, 1.82) is 0 Å². The first-order valence-corrected chi connectivity index (χ1v) is 18.4. The molecule has 4 aromatic rings. The van der Waals surface area contributed by atoms with Gasteiger partial charge in [0.25, 0.3) is 0 Å². The molecular formula is C34H46BClN12O4. The molecule has 2 saturated carbocycles. The molecule has 0 bridgehead atoms. The maximum absolute atomic E-state index is 12.8. The summed E-state index contributed by atoms with van der Waals surface area (Å²) in [5.74, 6) is 2.59. The zero-order chi connectivity index (χ0) is 36.9. The Kier molecular flexibility index (Phi) is 11.7. The molecule has 2 fully saturated rings. The van der Waals surface area contributed by atoms with Gasteiger partial charge in [0.05, 0.1) is 24.2 Å². The lowest BCUT2D eigenvalue weighted by atomic mass is 9.83. The van der Waals surface area contributed by atoms with Crippen LogP contribution in [0, 0.1) is 0 Å². The van der Waals surface area contributed by atoms with Crippen LogP contribution >= 0.6 is 11.6 Å².